The third kappa shape index (κ3) is 4.69. The van der Waals surface area contributed by atoms with E-state index in [1.54, 1.807) is 41.3 Å². The maximum atomic E-state index is 12.4. The van der Waals surface area contributed by atoms with Crippen molar-refractivity contribution in [2.45, 2.75) is 13.3 Å². The molecule has 8 heteroatoms. The molecular weight excluding hydrogens is 426 g/mol. The van der Waals surface area contributed by atoms with E-state index in [2.05, 4.69) is 26.5 Å². The van der Waals surface area contributed by atoms with E-state index < -0.39 is 5.92 Å². The summed E-state index contributed by atoms with van der Waals surface area (Å²) in [4.78, 5) is 26.3. The van der Waals surface area contributed by atoms with Crippen LogP contribution in [-0.4, -0.2) is 36.3 Å². The van der Waals surface area contributed by atoms with Crippen LogP contribution in [0.15, 0.2) is 52.0 Å². The minimum atomic E-state index is -0.493. The summed E-state index contributed by atoms with van der Waals surface area (Å²) in [6.07, 6.45) is 1.48. The molecule has 0 unspecified atom stereocenters. The fraction of sp³-hybridized carbons (Fsp3) is 0.250. The molecule has 1 heterocycles. The van der Waals surface area contributed by atoms with E-state index in [1.165, 1.54) is 12.3 Å². The number of nitrogens with zero attached hydrogens (tertiary/aromatic N) is 2. The molecular formula is C20H20BrN3O4. The molecule has 7 nitrogen and oxygen atoms in total. The van der Waals surface area contributed by atoms with Crippen LogP contribution in [0, 0.1) is 5.92 Å². The number of hydrogen-bond donors (Lipinski definition) is 2. The van der Waals surface area contributed by atoms with Crippen molar-refractivity contribution < 1.29 is 19.4 Å². The Morgan fingerprint density at radius 3 is 2.82 bits per heavy atom. The first-order valence-electron chi connectivity index (χ1n) is 8.82. The lowest BCUT2D eigenvalue weighted by molar-refractivity contribution is -0.126. The Morgan fingerprint density at radius 2 is 2.11 bits per heavy atom. The molecule has 1 atom stereocenters. The van der Waals surface area contributed by atoms with E-state index in [-0.39, 0.29) is 30.5 Å². The van der Waals surface area contributed by atoms with Crippen LogP contribution in [0.4, 0.5) is 5.69 Å². The summed E-state index contributed by atoms with van der Waals surface area (Å²) in [5, 5.41) is 13.7. The second kappa shape index (κ2) is 8.88. The van der Waals surface area contributed by atoms with Crippen LogP contribution in [0.5, 0.6) is 11.5 Å². The predicted octanol–water partition coefficient (Wildman–Crippen LogP) is 3.06. The van der Waals surface area contributed by atoms with Gasteiger partial charge in [-0.2, -0.15) is 5.10 Å². The van der Waals surface area contributed by atoms with E-state index in [9.17, 15) is 14.7 Å². The normalized spacial score (nSPS) is 16.6. The number of benzene rings is 2. The van der Waals surface area contributed by atoms with E-state index in [0.717, 1.165) is 15.9 Å². The fourth-order valence-corrected chi connectivity index (χ4v) is 3.29. The minimum absolute atomic E-state index is 0.0546. The number of hydrogen-bond acceptors (Lipinski definition) is 5. The summed E-state index contributed by atoms with van der Waals surface area (Å²) >= 11 is 3.31. The van der Waals surface area contributed by atoms with Gasteiger partial charge in [0.1, 0.15) is 11.5 Å². The highest BCUT2D eigenvalue weighted by Gasteiger charge is 2.35. The van der Waals surface area contributed by atoms with Gasteiger partial charge >= 0.3 is 0 Å². The molecule has 2 aromatic carbocycles. The SMILES string of the molecule is CCOc1ccc(N2C[C@H](C(=O)N/N=C\c3cc(Br)ccc3O)CC2=O)cc1. The third-order valence-electron chi connectivity index (χ3n) is 4.32. The largest absolute Gasteiger partial charge is 0.507 e. The second-order valence-electron chi connectivity index (χ2n) is 6.27. The number of aromatic hydroxyl groups is 1. The van der Waals surface area contributed by atoms with Gasteiger partial charge in [0.15, 0.2) is 0 Å². The average molecular weight is 446 g/mol. The van der Waals surface area contributed by atoms with Crippen molar-refractivity contribution in [3.63, 3.8) is 0 Å². The molecule has 1 aliphatic heterocycles. The van der Waals surface area contributed by atoms with Gasteiger partial charge in [0.2, 0.25) is 11.8 Å². The van der Waals surface area contributed by atoms with Crippen molar-refractivity contribution in [2.75, 3.05) is 18.1 Å². The number of phenolic OH excluding ortho intramolecular Hbond substituents is 1. The number of phenols is 1. The van der Waals surface area contributed by atoms with Crippen molar-refractivity contribution in [3.05, 3.63) is 52.5 Å². The summed E-state index contributed by atoms with van der Waals surface area (Å²) < 4.78 is 6.18. The molecule has 1 fully saturated rings. The highest BCUT2D eigenvalue weighted by atomic mass is 79.9. The summed E-state index contributed by atoms with van der Waals surface area (Å²) in [5.41, 5.74) is 3.64. The zero-order valence-corrected chi connectivity index (χ0v) is 16.8. The first kappa shape index (κ1) is 19.9. The van der Waals surface area contributed by atoms with Crippen molar-refractivity contribution in [1.29, 1.82) is 0 Å². The Hall–Kier alpha value is -2.87. The van der Waals surface area contributed by atoms with Gasteiger partial charge in [0.05, 0.1) is 18.7 Å². The molecule has 2 amide bonds. The smallest absolute Gasteiger partial charge is 0.245 e. The van der Waals surface area contributed by atoms with Crippen LogP contribution in [0.1, 0.15) is 18.9 Å². The molecule has 0 spiro atoms. The van der Waals surface area contributed by atoms with Crippen LogP contribution in [0.3, 0.4) is 0 Å². The molecule has 0 bridgehead atoms. The van der Waals surface area contributed by atoms with Crippen LogP contribution in [0.2, 0.25) is 0 Å². The van der Waals surface area contributed by atoms with Crippen molar-refractivity contribution in [3.8, 4) is 11.5 Å². The summed E-state index contributed by atoms with van der Waals surface area (Å²) in [7, 11) is 0. The summed E-state index contributed by atoms with van der Waals surface area (Å²) in [6.45, 7) is 2.76. The number of anilines is 1. The Kier molecular flexibility index (Phi) is 6.30. The first-order valence-corrected chi connectivity index (χ1v) is 9.62. The highest BCUT2D eigenvalue weighted by molar-refractivity contribution is 9.10. The lowest BCUT2D eigenvalue weighted by atomic mass is 10.1. The van der Waals surface area contributed by atoms with E-state index in [0.29, 0.717) is 12.2 Å². The maximum Gasteiger partial charge on any atom is 0.245 e. The highest BCUT2D eigenvalue weighted by Crippen LogP contribution is 2.27. The maximum absolute atomic E-state index is 12.4. The average Bonchev–Trinajstić information content (AvgIpc) is 3.07. The van der Waals surface area contributed by atoms with Gasteiger partial charge in [-0.1, -0.05) is 15.9 Å². The molecule has 2 aromatic rings. The Morgan fingerprint density at radius 1 is 1.36 bits per heavy atom. The number of ether oxygens (including phenoxy) is 1. The zero-order valence-electron chi connectivity index (χ0n) is 15.3. The van der Waals surface area contributed by atoms with Gasteiger partial charge in [0, 0.05) is 28.7 Å². The Balaban J connectivity index is 1.60. The Labute approximate surface area is 171 Å². The predicted molar refractivity (Wildman–Crippen MR) is 110 cm³/mol. The molecule has 0 aliphatic carbocycles. The minimum Gasteiger partial charge on any atom is -0.507 e. The van der Waals surface area contributed by atoms with Gasteiger partial charge < -0.3 is 14.7 Å². The second-order valence-corrected chi connectivity index (χ2v) is 7.19. The van der Waals surface area contributed by atoms with Crippen LogP contribution in [0.25, 0.3) is 0 Å². The standard InChI is InChI=1S/C20H20BrN3O4/c1-2-28-17-6-4-16(5-7-17)24-12-14(10-19(24)26)20(27)23-22-11-13-9-15(21)3-8-18(13)25/h3-9,11,14,25H,2,10,12H2,1H3,(H,23,27)/b22-11-/t14-/m1/s1. The van der Waals surface area contributed by atoms with Gasteiger partial charge in [0.25, 0.3) is 0 Å². The first-order chi connectivity index (χ1) is 13.5. The van der Waals surface area contributed by atoms with Gasteiger partial charge in [-0.05, 0) is 49.4 Å². The summed E-state index contributed by atoms with van der Waals surface area (Å²) in [6, 6.07) is 12.1. The number of amides is 2. The molecule has 0 aromatic heterocycles. The zero-order chi connectivity index (χ0) is 20.1. The van der Waals surface area contributed by atoms with Gasteiger partial charge in [-0.3, -0.25) is 9.59 Å². The molecule has 3 rings (SSSR count). The van der Waals surface area contributed by atoms with Crippen molar-refractivity contribution in [1.82, 2.24) is 5.43 Å². The van der Waals surface area contributed by atoms with E-state index in [4.69, 9.17) is 4.74 Å². The number of rotatable bonds is 6. The molecule has 0 radical (unpaired) electrons. The monoisotopic (exact) mass is 445 g/mol. The number of carbonyl (C=O) groups excluding carboxylic acids is 2. The lowest BCUT2D eigenvalue weighted by Crippen LogP contribution is -2.30. The third-order valence-corrected chi connectivity index (χ3v) is 4.82. The van der Waals surface area contributed by atoms with Crippen LogP contribution < -0.4 is 15.1 Å². The van der Waals surface area contributed by atoms with E-state index >= 15 is 0 Å². The molecule has 2 N–H and O–H groups in total. The van der Waals surface area contributed by atoms with Gasteiger partial charge in [-0.15, -0.1) is 0 Å². The number of carbonyl (C=O) groups is 2. The number of halogens is 1. The van der Waals surface area contributed by atoms with Crippen LogP contribution >= 0.6 is 15.9 Å². The lowest BCUT2D eigenvalue weighted by Gasteiger charge is -2.17. The van der Waals surface area contributed by atoms with E-state index in [1.807, 2.05) is 6.92 Å². The van der Waals surface area contributed by atoms with Crippen molar-refractivity contribution in [2.24, 2.45) is 11.0 Å². The quantitative estimate of drug-likeness (QED) is 0.527. The topological polar surface area (TPSA) is 91.2 Å². The number of nitrogens with one attached hydrogen (secondary N) is 1. The van der Waals surface area contributed by atoms with Gasteiger partial charge in [-0.25, -0.2) is 5.43 Å². The fourth-order valence-electron chi connectivity index (χ4n) is 2.91. The Bertz CT molecular complexity index is 899. The number of hydrazone groups is 1. The van der Waals surface area contributed by atoms with Crippen molar-refractivity contribution >= 4 is 39.6 Å². The molecule has 146 valence electrons. The molecule has 0 saturated carbocycles. The summed E-state index contributed by atoms with van der Waals surface area (Å²) in [5.74, 6) is -0.158. The molecule has 1 saturated heterocycles. The molecule has 1 aliphatic rings. The van der Waals surface area contributed by atoms with Crippen LogP contribution in [-0.2, 0) is 9.59 Å². The molecule has 28 heavy (non-hydrogen) atoms.